The second-order valence-corrected chi connectivity index (χ2v) is 6.65. The minimum absolute atomic E-state index is 0.232. The van der Waals surface area contributed by atoms with Crippen LogP contribution in [0.3, 0.4) is 0 Å². The van der Waals surface area contributed by atoms with E-state index in [1.54, 1.807) is 19.2 Å². The predicted octanol–water partition coefficient (Wildman–Crippen LogP) is 1.02. The molecule has 1 fully saturated rings. The van der Waals surface area contributed by atoms with Gasteiger partial charge >= 0.3 is 0 Å². The largest absolute Gasteiger partial charge is 0.377 e. The van der Waals surface area contributed by atoms with E-state index in [2.05, 4.69) is 16.8 Å². The zero-order valence-electron chi connectivity index (χ0n) is 10.9. The molecule has 0 aliphatic carbocycles. The lowest BCUT2D eigenvalue weighted by atomic mass is 10.2. The number of hydrogen-bond acceptors (Lipinski definition) is 5. The highest BCUT2D eigenvalue weighted by Gasteiger charge is 2.21. The van der Waals surface area contributed by atoms with E-state index in [1.807, 2.05) is 0 Å². The molecule has 1 aromatic rings. The normalized spacial score (nSPS) is 21.1. The average Bonchev–Trinajstić information content (AvgIpc) is 2.29. The van der Waals surface area contributed by atoms with Crippen molar-refractivity contribution in [2.24, 2.45) is 0 Å². The molecule has 1 saturated heterocycles. The zero-order chi connectivity index (χ0) is 13.3. The van der Waals surface area contributed by atoms with Gasteiger partial charge in [-0.2, -0.15) is 0 Å². The van der Waals surface area contributed by atoms with Crippen LogP contribution in [-0.2, 0) is 14.6 Å². The van der Waals surface area contributed by atoms with Crippen molar-refractivity contribution in [1.82, 2.24) is 4.98 Å². The maximum atomic E-state index is 11.7. The Morgan fingerprint density at radius 2 is 2.22 bits per heavy atom. The van der Waals surface area contributed by atoms with Crippen LogP contribution in [0.15, 0.2) is 17.2 Å². The maximum absolute atomic E-state index is 11.7. The summed E-state index contributed by atoms with van der Waals surface area (Å²) in [5.41, 5.74) is 1.39. The van der Waals surface area contributed by atoms with Gasteiger partial charge < -0.3 is 9.64 Å². The van der Waals surface area contributed by atoms with Gasteiger partial charge in [-0.3, -0.25) is 4.98 Å². The van der Waals surface area contributed by atoms with Gasteiger partial charge in [-0.15, -0.1) is 0 Å². The molecule has 18 heavy (non-hydrogen) atoms. The lowest BCUT2D eigenvalue weighted by molar-refractivity contribution is 0.0989. The maximum Gasteiger partial charge on any atom is 0.177 e. The molecule has 2 heterocycles. The summed E-state index contributed by atoms with van der Waals surface area (Å²) in [6.07, 6.45) is 2.94. The van der Waals surface area contributed by atoms with E-state index < -0.39 is 9.84 Å². The Hall–Kier alpha value is -1.14. The third-order valence-electron chi connectivity index (χ3n) is 3.12. The number of morpholine rings is 1. The minimum atomic E-state index is -3.23. The van der Waals surface area contributed by atoms with Crippen LogP contribution in [0.2, 0.25) is 0 Å². The van der Waals surface area contributed by atoms with Gasteiger partial charge in [0.2, 0.25) is 0 Å². The SMILES string of the molecule is Cc1ncc(N2CCOC[C@@H]2C)cc1S(C)(=O)=O. The van der Waals surface area contributed by atoms with Crippen molar-refractivity contribution in [3.05, 3.63) is 18.0 Å². The third-order valence-corrected chi connectivity index (χ3v) is 4.34. The van der Waals surface area contributed by atoms with Gasteiger partial charge in [0.15, 0.2) is 9.84 Å². The van der Waals surface area contributed by atoms with Crippen LogP contribution in [0, 0.1) is 6.92 Å². The van der Waals surface area contributed by atoms with E-state index in [1.165, 1.54) is 6.26 Å². The molecular formula is C12H18N2O3S. The molecule has 1 aromatic heterocycles. The second-order valence-electron chi connectivity index (χ2n) is 4.67. The smallest absolute Gasteiger partial charge is 0.177 e. The van der Waals surface area contributed by atoms with Crippen LogP contribution in [-0.4, -0.2) is 45.5 Å². The van der Waals surface area contributed by atoms with Crippen molar-refractivity contribution in [1.29, 1.82) is 0 Å². The Morgan fingerprint density at radius 3 is 2.83 bits per heavy atom. The van der Waals surface area contributed by atoms with Crippen molar-refractivity contribution in [3.8, 4) is 0 Å². The molecule has 0 bridgehead atoms. The number of ether oxygens (including phenoxy) is 1. The number of aryl methyl sites for hydroxylation is 1. The monoisotopic (exact) mass is 270 g/mol. The Morgan fingerprint density at radius 1 is 1.50 bits per heavy atom. The molecule has 1 aliphatic heterocycles. The molecule has 0 unspecified atom stereocenters. The number of aromatic nitrogens is 1. The average molecular weight is 270 g/mol. The van der Waals surface area contributed by atoms with Gasteiger partial charge in [0, 0.05) is 18.8 Å². The van der Waals surface area contributed by atoms with E-state index in [-0.39, 0.29) is 6.04 Å². The van der Waals surface area contributed by atoms with Crippen molar-refractivity contribution >= 4 is 15.5 Å². The number of pyridine rings is 1. The predicted molar refractivity (Wildman–Crippen MR) is 69.7 cm³/mol. The van der Waals surface area contributed by atoms with Crippen molar-refractivity contribution in [2.75, 3.05) is 30.9 Å². The Balaban J connectivity index is 2.41. The Kier molecular flexibility index (Phi) is 3.59. The number of rotatable bonds is 2. The van der Waals surface area contributed by atoms with E-state index in [4.69, 9.17) is 4.74 Å². The first-order valence-corrected chi connectivity index (χ1v) is 7.80. The first kappa shape index (κ1) is 13.3. The molecule has 1 atom stereocenters. The zero-order valence-corrected chi connectivity index (χ0v) is 11.7. The van der Waals surface area contributed by atoms with Crippen LogP contribution in [0.1, 0.15) is 12.6 Å². The van der Waals surface area contributed by atoms with Crippen LogP contribution >= 0.6 is 0 Å². The Labute approximate surface area is 108 Å². The highest BCUT2D eigenvalue weighted by atomic mass is 32.2. The fourth-order valence-electron chi connectivity index (χ4n) is 2.15. The van der Waals surface area contributed by atoms with Crippen molar-refractivity contribution < 1.29 is 13.2 Å². The van der Waals surface area contributed by atoms with Gasteiger partial charge in [-0.25, -0.2) is 8.42 Å². The summed E-state index contributed by atoms with van der Waals surface area (Å²) in [5, 5.41) is 0. The van der Waals surface area contributed by atoms with Crippen molar-refractivity contribution in [3.63, 3.8) is 0 Å². The topological polar surface area (TPSA) is 59.5 Å². The summed E-state index contributed by atoms with van der Waals surface area (Å²) in [6.45, 7) is 5.84. The molecule has 0 N–H and O–H groups in total. The van der Waals surface area contributed by atoms with Gasteiger partial charge in [-0.05, 0) is 19.9 Å². The van der Waals surface area contributed by atoms with Crippen LogP contribution in [0.25, 0.3) is 0 Å². The summed E-state index contributed by atoms with van der Waals surface area (Å²) in [6, 6.07) is 1.94. The second kappa shape index (κ2) is 4.85. The standard InChI is InChI=1S/C12H18N2O3S/c1-9-8-17-5-4-14(9)11-6-12(18(3,15)16)10(2)13-7-11/h6-7,9H,4-5,8H2,1-3H3/t9-/m0/s1. The van der Waals surface area contributed by atoms with Gasteiger partial charge in [0.25, 0.3) is 0 Å². The lowest BCUT2D eigenvalue weighted by Gasteiger charge is -2.35. The molecule has 1 aliphatic rings. The van der Waals surface area contributed by atoms with Crippen LogP contribution in [0.5, 0.6) is 0 Å². The van der Waals surface area contributed by atoms with E-state index in [9.17, 15) is 8.42 Å². The summed E-state index contributed by atoms with van der Waals surface area (Å²) in [5.74, 6) is 0. The van der Waals surface area contributed by atoms with Gasteiger partial charge in [-0.1, -0.05) is 0 Å². The number of hydrogen-bond donors (Lipinski definition) is 0. The molecule has 0 amide bonds. The summed E-state index contributed by atoms with van der Waals surface area (Å²) < 4.78 is 28.7. The van der Waals surface area contributed by atoms with E-state index in [0.717, 1.165) is 12.2 Å². The summed E-state index contributed by atoms with van der Waals surface area (Å²) in [7, 11) is -3.23. The molecule has 0 aromatic carbocycles. The third kappa shape index (κ3) is 2.64. The Bertz CT molecular complexity index is 542. The fraction of sp³-hybridized carbons (Fsp3) is 0.583. The molecule has 5 nitrogen and oxygen atoms in total. The molecule has 0 saturated carbocycles. The van der Waals surface area contributed by atoms with Gasteiger partial charge in [0.1, 0.15) is 0 Å². The molecule has 100 valence electrons. The molecule has 0 spiro atoms. The first-order valence-electron chi connectivity index (χ1n) is 5.90. The highest BCUT2D eigenvalue weighted by Crippen LogP contribution is 2.23. The van der Waals surface area contributed by atoms with Gasteiger partial charge in [0.05, 0.1) is 35.7 Å². The van der Waals surface area contributed by atoms with Crippen molar-refractivity contribution in [2.45, 2.75) is 24.8 Å². The number of anilines is 1. The number of nitrogens with zero attached hydrogens (tertiary/aromatic N) is 2. The summed E-state index contributed by atoms with van der Waals surface area (Å²) in [4.78, 5) is 6.63. The summed E-state index contributed by atoms with van der Waals surface area (Å²) >= 11 is 0. The van der Waals surface area contributed by atoms with Crippen LogP contribution < -0.4 is 4.90 Å². The molecule has 2 rings (SSSR count). The molecule has 6 heteroatoms. The molecular weight excluding hydrogens is 252 g/mol. The van der Waals surface area contributed by atoms with E-state index >= 15 is 0 Å². The fourth-order valence-corrected chi connectivity index (χ4v) is 3.07. The quantitative estimate of drug-likeness (QED) is 0.803. The molecule has 0 radical (unpaired) electrons. The number of sulfone groups is 1. The first-order chi connectivity index (χ1) is 8.39. The van der Waals surface area contributed by atoms with E-state index in [0.29, 0.717) is 23.8 Å². The van der Waals surface area contributed by atoms with Crippen LogP contribution in [0.4, 0.5) is 5.69 Å². The highest BCUT2D eigenvalue weighted by molar-refractivity contribution is 7.90. The minimum Gasteiger partial charge on any atom is -0.377 e. The lowest BCUT2D eigenvalue weighted by Crippen LogP contribution is -2.43.